The van der Waals surface area contributed by atoms with Crippen LogP contribution in [0, 0.1) is 11.3 Å². The Bertz CT molecular complexity index is 1500. The number of aromatic nitrogens is 1. The van der Waals surface area contributed by atoms with E-state index in [-0.39, 0.29) is 23.5 Å². The summed E-state index contributed by atoms with van der Waals surface area (Å²) >= 11 is 6.49. The van der Waals surface area contributed by atoms with Gasteiger partial charge in [0, 0.05) is 49.3 Å². The second-order valence-corrected chi connectivity index (χ2v) is 13.9. The fraction of sp³-hybridized carbons (Fsp3) is 0.500. The summed E-state index contributed by atoms with van der Waals surface area (Å²) in [4.78, 5) is 31.2. The largest absolute Gasteiger partial charge is 0.493 e. The highest BCUT2D eigenvalue weighted by atomic mass is 35.5. The van der Waals surface area contributed by atoms with E-state index in [1.807, 2.05) is 32.9 Å². The van der Waals surface area contributed by atoms with Crippen LogP contribution in [-0.2, 0) is 4.74 Å². The van der Waals surface area contributed by atoms with Gasteiger partial charge in [0.1, 0.15) is 17.1 Å². The fourth-order valence-corrected chi connectivity index (χ4v) is 5.11. The van der Waals surface area contributed by atoms with E-state index in [1.165, 1.54) is 0 Å². The van der Waals surface area contributed by atoms with E-state index in [4.69, 9.17) is 30.5 Å². The number of nitrogens with one attached hydrogen (secondary N) is 2. The standard InChI is InChI=1S/C34H45ClN4O6/c1-33(2,3)13-15-37-31(40)38-26-11-10-23(17-25(26)35)44-28-12-14-36-27-19-30(29(42-7)18-24(27)28)43-21-22-9-8-16-39(20-22)32(41)45-34(4,5)6/h10-12,14,17-19,22H,8-9,13,15-16,20-21H2,1-7H3,(H2,37,38,40). The molecule has 1 unspecified atom stereocenters. The molecular formula is C34H45ClN4O6. The van der Waals surface area contributed by atoms with Crippen molar-refractivity contribution < 1.29 is 28.5 Å². The SMILES string of the molecule is COc1cc2c(Oc3ccc(NC(=O)NCCC(C)(C)C)c(Cl)c3)ccnc2cc1OCC1CCCN(C(=O)OC(C)(C)C)C1. The number of rotatable bonds is 9. The summed E-state index contributed by atoms with van der Waals surface area (Å²) in [5.41, 5.74) is 0.735. The van der Waals surface area contributed by atoms with Crippen molar-refractivity contribution in [1.82, 2.24) is 15.2 Å². The predicted octanol–water partition coefficient (Wildman–Crippen LogP) is 8.27. The predicted molar refractivity (Wildman–Crippen MR) is 177 cm³/mol. The van der Waals surface area contributed by atoms with Gasteiger partial charge < -0.3 is 34.5 Å². The van der Waals surface area contributed by atoms with Crippen molar-refractivity contribution in [3.05, 3.63) is 47.6 Å². The molecule has 2 heterocycles. The lowest BCUT2D eigenvalue weighted by Gasteiger charge is -2.34. The molecule has 1 aliphatic heterocycles. The molecule has 1 saturated heterocycles. The van der Waals surface area contributed by atoms with Crippen molar-refractivity contribution >= 4 is 40.3 Å². The molecule has 0 saturated carbocycles. The van der Waals surface area contributed by atoms with Gasteiger partial charge in [-0.05, 0) is 69.7 Å². The number of carbonyl (C=O) groups excluding carboxylic acids is 2. The Morgan fingerprint density at radius 1 is 1.04 bits per heavy atom. The van der Waals surface area contributed by atoms with Gasteiger partial charge in [0.25, 0.3) is 0 Å². The number of halogens is 1. The molecule has 2 aromatic carbocycles. The number of carbonyl (C=O) groups is 2. The van der Waals surface area contributed by atoms with Crippen molar-refractivity contribution in [2.45, 2.75) is 66.4 Å². The molecule has 4 rings (SSSR count). The number of amides is 3. The van der Waals surface area contributed by atoms with E-state index in [0.29, 0.717) is 65.5 Å². The third kappa shape index (κ3) is 10.0. The first-order valence-electron chi connectivity index (χ1n) is 15.3. The second-order valence-electron chi connectivity index (χ2n) is 13.5. The van der Waals surface area contributed by atoms with Gasteiger partial charge in [-0.15, -0.1) is 0 Å². The molecule has 1 aromatic heterocycles. The minimum absolute atomic E-state index is 0.127. The first kappa shape index (κ1) is 34.0. The molecule has 1 fully saturated rings. The molecular weight excluding hydrogens is 596 g/mol. The van der Waals surface area contributed by atoms with Gasteiger partial charge in [-0.25, -0.2) is 9.59 Å². The van der Waals surface area contributed by atoms with E-state index < -0.39 is 5.60 Å². The highest BCUT2D eigenvalue weighted by Crippen LogP contribution is 2.38. The number of hydrogen-bond donors (Lipinski definition) is 2. The number of urea groups is 1. The smallest absolute Gasteiger partial charge is 0.410 e. The molecule has 11 heteroatoms. The van der Waals surface area contributed by atoms with Crippen LogP contribution in [0.2, 0.25) is 5.02 Å². The van der Waals surface area contributed by atoms with Crippen LogP contribution < -0.4 is 24.8 Å². The maximum Gasteiger partial charge on any atom is 0.410 e. The molecule has 45 heavy (non-hydrogen) atoms. The number of benzene rings is 2. The van der Waals surface area contributed by atoms with E-state index in [9.17, 15) is 9.59 Å². The summed E-state index contributed by atoms with van der Waals surface area (Å²) in [7, 11) is 1.58. The molecule has 0 bridgehead atoms. The number of likely N-dealkylation sites (tertiary alicyclic amines) is 1. The number of hydrogen-bond acceptors (Lipinski definition) is 7. The van der Waals surface area contributed by atoms with Gasteiger partial charge in [0.2, 0.25) is 0 Å². The topological polar surface area (TPSA) is 111 Å². The molecule has 3 aromatic rings. The number of fused-ring (bicyclic) bond motifs is 1. The number of nitrogens with zero attached hydrogens (tertiary/aromatic N) is 2. The van der Waals surface area contributed by atoms with Crippen LogP contribution in [0.5, 0.6) is 23.0 Å². The summed E-state index contributed by atoms with van der Waals surface area (Å²) in [5.74, 6) is 2.31. The molecule has 244 valence electrons. The van der Waals surface area contributed by atoms with Gasteiger partial charge in [-0.1, -0.05) is 32.4 Å². The van der Waals surface area contributed by atoms with Crippen LogP contribution >= 0.6 is 11.6 Å². The van der Waals surface area contributed by atoms with Gasteiger partial charge in [-0.3, -0.25) is 4.98 Å². The Morgan fingerprint density at radius 2 is 1.82 bits per heavy atom. The van der Waals surface area contributed by atoms with Crippen LogP contribution in [0.3, 0.4) is 0 Å². The lowest BCUT2D eigenvalue weighted by molar-refractivity contribution is 0.0138. The zero-order valence-electron chi connectivity index (χ0n) is 27.3. The first-order valence-corrected chi connectivity index (χ1v) is 15.7. The summed E-state index contributed by atoms with van der Waals surface area (Å²) in [5, 5.41) is 6.72. The van der Waals surface area contributed by atoms with E-state index in [1.54, 1.807) is 42.5 Å². The lowest BCUT2D eigenvalue weighted by atomic mass is 9.92. The van der Waals surface area contributed by atoms with Crippen molar-refractivity contribution in [3.8, 4) is 23.0 Å². The highest BCUT2D eigenvalue weighted by molar-refractivity contribution is 6.33. The molecule has 3 amide bonds. The van der Waals surface area contributed by atoms with Crippen molar-refractivity contribution in [3.63, 3.8) is 0 Å². The first-order chi connectivity index (χ1) is 21.2. The van der Waals surface area contributed by atoms with Crippen LogP contribution in [0.25, 0.3) is 10.9 Å². The quantitative estimate of drug-likeness (QED) is 0.242. The summed E-state index contributed by atoms with van der Waals surface area (Å²) in [6, 6.07) is 10.2. The third-order valence-corrected chi connectivity index (χ3v) is 7.52. The van der Waals surface area contributed by atoms with Crippen LogP contribution in [-0.4, -0.2) is 61.0 Å². The minimum atomic E-state index is -0.537. The Morgan fingerprint density at radius 3 is 2.51 bits per heavy atom. The van der Waals surface area contributed by atoms with Crippen molar-refractivity contribution in [2.75, 3.05) is 38.7 Å². The normalized spacial score (nSPS) is 15.4. The van der Waals surface area contributed by atoms with Gasteiger partial charge >= 0.3 is 12.1 Å². The Hall–Kier alpha value is -3.92. The minimum Gasteiger partial charge on any atom is -0.493 e. The van der Waals surface area contributed by atoms with Crippen LogP contribution in [0.15, 0.2) is 42.6 Å². The summed E-state index contributed by atoms with van der Waals surface area (Å²) in [6.45, 7) is 14.2. The number of anilines is 1. The molecule has 1 aliphatic rings. The average Bonchev–Trinajstić information content (AvgIpc) is 2.96. The van der Waals surface area contributed by atoms with Gasteiger partial charge in [0.15, 0.2) is 11.5 Å². The Labute approximate surface area is 270 Å². The Kier molecular flexibility index (Phi) is 10.9. The summed E-state index contributed by atoms with van der Waals surface area (Å²) < 4.78 is 23.6. The third-order valence-electron chi connectivity index (χ3n) is 7.21. The van der Waals surface area contributed by atoms with Gasteiger partial charge in [-0.2, -0.15) is 0 Å². The number of piperidine rings is 1. The summed E-state index contributed by atoms with van der Waals surface area (Å²) in [6.07, 6.45) is 4.05. The lowest BCUT2D eigenvalue weighted by Crippen LogP contribution is -2.44. The number of ether oxygens (including phenoxy) is 4. The molecule has 0 aliphatic carbocycles. The maximum atomic E-state index is 12.6. The van der Waals surface area contributed by atoms with E-state index in [2.05, 4.69) is 36.4 Å². The molecule has 10 nitrogen and oxygen atoms in total. The maximum absolute atomic E-state index is 12.6. The highest BCUT2D eigenvalue weighted by Gasteiger charge is 2.28. The Balaban J connectivity index is 1.42. The number of pyridine rings is 1. The second kappa shape index (κ2) is 14.5. The van der Waals surface area contributed by atoms with Crippen LogP contribution in [0.1, 0.15) is 60.8 Å². The molecule has 1 atom stereocenters. The van der Waals surface area contributed by atoms with E-state index in [0.717, 1.165) is 24.6 Å². The van der Waals surface area contributed by atoms with Crippen molar-refractivity contribution in [2.24, 2.45) is 11.3 Å². The molecule has 0 radical (unpaired) electrons. The zero-order valence-corrected chi connectivity index (χ0v) is 28.0. The molecule has 0 spiro atoms. The average molecular weight is 641 g/mol. The molecule has 2 N–H and O–H groups in total. The fourth-order valence-electron chi connectivity index (χ4n) is 4.90. The van der Waals surface area contributed by atoms with Gasteiger partial charge in [0.05, 0.1) is 29.9 Å². The zero-order chi connectivity index (χ0) is 32.8. The van der Waals surface area contributed by atoms with E-state index >= 15 is 0 Å². The monoisotopic (exact) mass is 640 g/mol. The van der Waals surface area contributed by atoms with Crippen LogP contribution in [0.4, 0.5) is 15.3 Å². The number of methoxy groups -OCH3 is 1. The van der Waals surface area contributed by atoms with Crippen molar-refractivity contribution in [1.29, 1.82) is 0 Å².